The van der Waals surface area contributed by atoms with Crippen LogP contribution >= 0.6 is 0 Å². The predicted molar refractivity (Wildman–Crippen MR) is 71.8 cm³/mol. The van der Waals surface area contributed by atoms with Gasteiger partial charge in [-0.05, 0) is 19.4 Å². The van der Waals surface area contributed by atoms with Crippen LogP contribution in [0.4, 0.5) is 10.5 Å². The van der Waals surface area contributed by atoms with Crippen molar-refractivity contribution >= 4 is 17.4 Å². The molecule has 1 heterocycles. The van der Waals surface area contributed by atoms with Gasteiger partial charge in [0.25, 0.3) is 0 Å². The minimum absolute atomic E-state index is 0.0553. The van der Waals surface area contributed by atoms with E-state index in [0.717, 1.165) is 6.42 Å². The van der Waals surface area contributed by atoms with E-state index in [4.69, 9.17) is 9.94 Å². The molecule has 2 amide bonds. The number of carbonyl (C=O) groups is 1. The molecule has 6 nitrogen and oxygen atoms in total. The number of nitrogens with one attached hydrogen (secondary N) is 2. The number of para-hydroxylation sites is 1. The number of benzene rings is 1. The molecule has 1 aliphatic rings. The maximum atomic E-state index is 11.9. The Balaban J connectivity index is 2.03. The molecule has 1 aromatic rings. The van der Waals surface area contributed by atoms with Crippen molar-refractivity contribution in [3.05, 3.63) is 29.8 Å². The summed E-state index contributed by atoms with van der Waals surface area (Å²) in [5.74, 6) is 0. The van der Waals surface area contributed by atoms with Crippen molar-refractivity contribution < 1.29 is 14.7 Å². The third-order valence-corrected chi connectivity index (χ3v) is 2.98. The molecule has 2 rings (SSSR count). The molecule has 0 bridgehead atoms. The largest absolute Gasteiger partial charge is 0.411 e. The Labute approximate surface area is 111 Å². The Kier molecular flexibility index (Phi) is 4.35. The lowest BCUT2D eigenvalue weighted by Gasteiger charge is -2.14. The average molecular weight is 263 g/mol. The lowest BCUT2D eigenvalue weighted by atomic mass is 10.1. The summed E-state index contributed by atoms with van der Waals surface area (Å²) in [6.07, 6.45) is 0.826. The monoisotopic (exact) mass is 263 g/mol. The third kappa shape index (κ3) is 3.45. The number of carbonyl (C=O) groups excluding carboxylic acids is 1. The quantitative estimate of drug-likeness (QED) is 0.441. The van der Waals surface area contributed by atoms with Gasteiger partial charge in [0.2, 0.25) is 0 Å². The maximum absolute atomic E-state index is 11.9. The molecule has 1 aromatic carbocycles. The molecule has 1 unspecified atom stereocenters. The minimum atomic E-state index is -0.284. The van der Waals surface area contributed by atoms with Gasteiger partial charge in [0.1, 0.15) is 0 Å². The number of urea groups is 1. The highest BCUT2D eigenvalue weighted by Crippen LogP contribution is 2.16. The highest BCUT2D eigenvalue weighted by molar-refractivity contribution is 6.06. The summed E-state index contributed by atoms with van der Waals surface area (Å²) >= 11 is 0. The molecule has 0 radical (unpaired) electrons. The second-order valence-corrected chi connectivity index (χ2v) is 4.39. The molecule has 1 aliphatic heterocycles. The number of nitrogens with zero attached hydrogens (tertiary/aromatic N) is 1. The Morgan fingerprint density at radius 2 is 2.26 bits per heavy atom. The van der Waals surface area contributed by atoms with Crippen molar-refractivity contribution in [2.24, 2.45) is 5.16 Å². The van der Waals surface area contributed by atoms with E-state index in [1.807, 2.05) is 12.1 Å². The zero-order valence-electron chi connectivity index (χ0n) is 10.7. The topological polar surface area (TPSA) is 83.0 Å². The molecule has 1 atom stereocenters. The predicted octanol–water partition coefficient (Wildman–Crippen LogP) is 1.80. The number of hydrogen-bond acceptors (Lipinski definition) is 4. The molecular weight excluding hydrogens is 246 g/mol. The van der Waals surface area contributed by atoms with Crippen molar-refractivity contribution in [1.82, 2.24) is 5.32 Å². The van der Waals surface area contributed by atoms with Gasteiger partial charge in [0.15, 0.2) is 0 Å². The molecule has 19 heavy (non-hydrogen) atoms. The smallest absolute Gasteiger partial charge is 0.319 e. The normalized spacial score (nSPS) is 19.2. The summed E-state index contributed by atoms with van der Waals surface area (Å²) in [6, 6.07) is 6.94. The van der Waals surface area contributed by atoms with E-state index < -0.39 is 0 Å². The van der Waals surface area contributed by atoms with E-state index in [0.29, 0.717) is 30.2 Å². The number of amides is 2. The Morgan fingerprint density at radius 1 is 1.47 bits per heavy atom. The first-order valence-corrected chi connectivity index (χ1v) is 6.14. The van der Waals surface area contributed by atoms with E-state index in [-0.39, 0.29) is 12.1 Å². The van der Waals surface area contributed by atoms with Crippen LogP contribution in [-0.4, -0.2) is 36.2 Å². The molecule has 6 heteroatoms. The number of oxime groups is 1. The van der Waals surface area contributed by atoms with Gasteiger partial charge < -0.3 is 20.6 Å². The van der Waals surface area contributed by atoms with E-state index in [9.17, 15) is 4.79 Å². The van der Waals surface area contributed by atoms with Gasteiger partial charge in [0.05, 0.1) is 24.0 Å². The van der Waals surface area contributed by atoms with E-state index in [1.54, 1.807) is 19.1 Å². The SMILES string of the molecule is CC(=NO)c1ccccc1NC(=O)NC1CCOC1. The fourth-order valence-corrected chi connectivity index (χ4v) is 1.95. The zero-order chi connectivity index (χ0) is 13.7. The Morgan fingerprint density at radius 3 is 2.95 bits per heavy atom. The number of rotatable bonds is 3. The summed E-state index contributed by atoms with van der Waals surface area (Å²) in [6.45, 7) is 2.90. The van der Waals surface area contributed by atoms with Crippen LogP contribution < -0.4 is 10.6 Å². The third-order valence-electron chi connectivity index (χ3n) is 2.98. The molecular formula is C13H17N3O3. The summed E-state index contributed by atoms with van der Waals surface area (Å²) in [7, 11) is 0. The lowest BCUT2D eigenvalue weighted by Crippen LogP contribution is -2.38. The first-order valence-electron chi connectivity index (χ1n) is 6.14. The van der Waals surface area contributed by atoms with Gasteiger partial charge in [0, 0.05) is 12.2 Å². The van der Waals surface area contributed by atoms with Crippen molar-refractivity contribution in [2.45, 2.75) is 19.4 Å². The van der Waals surface area contributed by atoms with Crippen LogP contribution in [0, 0.1) is 0 Å². The summed E-state index contributed by atoms with van der Waals surface area (Å²) in [5.41, 5.74) is 1.73. The average Bonchev–Trinajstić information content (AvgIpc) is 2.91. The Hall–Kier alpha value is -2.08. The van der Waals surface area contributed by atoms with Gasteiger partial charge in [-0.2, -0.15) is 0 Å². The van der Waals surface area contributed by atoms with Crippen LogP contribution in [0.15, 0.2) is 29.4 Å². The minimum Gasteiger partial charge on any atom is -0.411 e. The number of hydrogen-bond donors (Lipinski definition) is 3. The highest BCUT2D eigenvalue weighted by Gasteiger charge is 2.18. The van der Waals surface area contributed by atoms with Crippen molar-refractivity contribution in [3.63, 3.8) is 0 Å². The Bertz CT molecular complexity index is 482. The van der Waals surface area contributed by atoms with Gasteiger partial charge in [-0.3, -0.25) is 0 Å². The van der Waals surface area contributed by atoms with E-state index >= 15 is 0 Å². The molecule has 0 aromatic heterocycles. The lowest BCUT2D eigenvalue weighted by molar-refractivity contribution is 0.189. The number of ether oxygens (including phenoxy) is 1. The molecule has 1 saturated heterocycles. The molecule has 0 aliphatic carbocycles. The van der Waals surface area contributed by atoms with Gasteiger partial charge in [-0.1, -0.05) is 23.4 Å². The van der Waals surface area contributed by atoms with Crippen LogP contribution in [0.1, 0.15) is 18.9 Å². The highest BCUT2D eigenvalue weighted by atomic mass is 16.5. The molecule has 0 saturated carbocycles. The second kappa shape index (κ2) is 6.19. The van der Waals surface area contributed by atoms with Crippen molar-refractivity contribution in [1.29, 1.82) is 0 Å². The van der Waals surface area contributed by atoms with Crippen LogP contribution in [0.3, 0.4) is 0 Å². The first kappa shape index (κ1) is 13.4. The molecule has 3 N–H and O–H groups in total. The van der Waals surface area contributed by atoms with Crippen molar-refractivity contribution in [3.8, 4) is 0 Å². The van der Waals surface area contributed by atoms with Gasteiger partial charge >= 0.3 is 6.03 Å². The standard InChI is InChI=1S/C13H17N3O3/c1-9(16-18)11-4-2-3-5-12(11)15-13(17)14-10-6-7-19-8-10/h2-5,10,18H,6-8H2,1H3,(H2,14,15,17). The van der Waals surface area contributed by atoms with Crippen LogP contribution in [0.2, 0.25) is 0 Å². The number of anilines is 1. The fraction of sp³-hybridized carbons (Fsp3) is 0.385. The second-order valence-electron chi connectivity index (χ2n) is 4.39. The van der Waals surface area contributed by atoms with Crippen LogP contribution in [0.5, 0.6) is 0 Å². The van der Waals surface area contributed by atoms with Crippen LogP contribution in [0.25, 0.3) is 0 Å². The van der Waals surface area contributed by atoms with Crippen LogP contribution in [-0.2, 0) is 4.74 Å². The fourth-order valence-electron chi connectivity index (χ4n) is 1.95. The van der Waals surface area contributed by atoms with Gasteiger partial charge in [-0.15, -0.1) is 0 Å². The molecule has 102 valence electrons. The molecule has 1 fully saturated rings. The van der Waals surface area contributed by atoms with Gasteiger partial charge in [-0.25, -0.2) is 4.79 Å². The summed E-state index contributed by atoms with van der Waals surface area (Å²) in [5, 5.41) is 17.6. The summed E-state index contributed by atoms with van der Waals surface area (Å²) < 4.78 is 5.19. The maximum Gasteiger partial charge on any atom is 0.319 e. The first-order chi connectivity index (χ1) is 9.20. The van der Waals surface area contributed by atoms with Crippen molar-refractivity contribution in [2.75, 3.05) is 18.5 Å². The van der Waals surface area contributed by atoms with E-state index in [2.05, 4.69) is 15.8 Å². The van der Waals surface area contributed by atoms with E-state index in [1.165, 1.54) is 0 Å². The molecule has 0 spiro atoms. The summed E-state index contributed by atoms with van der Waals surface area (Å²) in [4.78, 5) is 11.9. The zero-order valence-corrected chi connectivity index (χ0v) is 10.7.